The molecule has 2 N–H and O–H groups in total. The monoisotopic (exact) mass is 253 g/mol. The highest BCUT2D eigenvalue weighted by atomic mass is 16.2. The van der Waals surface area contributed by atoms with E-state index in [9.17, 15) is 0 Å². The standard InChI is InChI=1S/C14H27N3O/c1-5-12-9-13(17(4)16-12)10-15-11-14(2,3)7-6-8-18/h9,15,18H,5-8,10-11H2,1-4H3. The van der Waals surface area contributed by atoms with E-state index in [4.69, 9.17) is 5.11 Å². The van der Waals surface area contributed by atoms with E-state index in [1.807, 2.05) is 11.7 Å². The number of rotatable bonds is 8. The lowest BCUT2D eigenvalue weighted by Crippen LogP contribution is -2.29. The number of hydrogen-bond acceptors (Lipinski definition) is 3. The van der Waals surface area contributed by atoms with Crippen LogP contribution in [0.3, 0.4) is 0 Å². The fourth-order valence-corrected chi connectivity index (χ4v) is 2.08. The van der Waals surface area contributed by atoms with Crippen molar-refractivity contribution in [2.24, 2.45) is 12.5 Å². The zero-order valence-electron chi connectivity index (χ0n) is 12.2. The molecule has 1 aromatic heterocycles. The van der Waals surface area contributed by atoms with Gasteiger partial charge in [0.1, 0.15) is 0 Å². The molecule has 104 valence electrons. The van der Waals surface area contributed by atoms with Crippen molar-refractivity contribution < 1.29 is 5.11 Å². The molecule has 0 saturated heterocycles. The topological polar surface area (TPSA) is 50.1 Å². The van der Waals surface area contributed by atoms with Crippen molar-refractivity contribution in [1.82, 2.24) is 15.1 Å². The van der Waals surface area contributed by atoms with Gasteiger partial charge in [-0.05, 0) is 30.7 Å². The average Bonchev–Trinajstić information content (AvgIpc) is 2.68. The Kier molecular flexibility index (Phi) is 5.82. The summed E-state index contributed by atoms with van der Waals surface area (Å²) in [6.07, 6.45) is 2.90. The summed E-state index contributed by atoms with van der Waals surface area (Å²) in [6.45, 7) is 8.68. The maximum Gasteiger partial charge on any atom is 0.0625 e. The third-order valence-electron chi connectivity index (χ3n) is 3.31. The largest absolute Gasteiger partial charge is 0.396 e. The molecule has 0 spiro atoms. The molecule has 0 aliphatic carbocycles. The Morgan fingerprint density at radius 2 is 2.17 bits per heavy atom. The second-order valence-corrected chi connectivity index (χ2v) is 5.70. The lowest BCUT2D eigenvalue weighted by Gasteiger charge is -2.24. The minimum Gasteiger partial charge on any atom is -0.396 e. The maximum absolute atomic E-state index is 8.87. The third kappa shape index (κ3) is 4.78. The van der Waals surface area contributed by atoms with Gasteiger partial charge >= 0.3 is 0 Å². The predicted molar refractivity (Wildman–Crippen MR) is 74.4 cm³/mol. The van der Waals surface area contributed by atoms with Crippen LogP contribution in [-0.2, 0) is 20.0 Å². The second kappa shape index (κ2) is 6.90. The molecule has 0 atom stereocenters. The van der Waals surface area contributed by atoms with Crippen molar-refractivity contribution in [1.29, 1.82) is 0 Å². The van der Waals surface area contributed by atoms with Gasteiger partial charge in [-0.3, -0.25) is 4.68 Å². The van der Waals surface area contributed by atoms with Crippen molar-refractivity contribution in [3.8, 4) is 0 Å². The van der Waals surface area contributed by atoms with Crippen LogP contribution in [0.2, 0.25) is 0 Å². The highest BCUT2D eigenvalue weighted by Gasteiger charge is 2.16. The highest BCUT2D eigenvalue weighted by molar-refractivity contribution is 5.09. The zero-order chi connectivity index (χ0) is 13.6. The summed E-state index contributed by atoms with van der Waals surface area (Å²) in [4.78, 5) is 0. The Balaban J connectivity index is 2.38. The normalized spacial score (nSPS) is 12.1. The van der Waals surface area contributed by atoms with Crippen molar-refractivity contribution in [3.63, 3.8) is 0 Å². The molecule has 0 saturated carbocycles. The number of nitrogens with one attached hydrogen (secondary N) is 1. The molecule has 1 rings (SSSR count). The summed E-state index contributed by atoms with van der Waals surface area (Å²) in [7, 11) is 1.99. The van der Waals surface area contributed by atoms with E-state index in [1.54, 1.807) is 0 Å². The Labute approximate surface area is 110 Å². The van der Waals surface area contributed by atoms with Crippen LogP contribution in [0.25, 0.3) is 0 Å². The Bertz CT molecular complexity index is 358. The van der Waals surface area contributed by atoms with Crippen molar-refractivity contribution in [3.05, 3.63) is 17.5 Å². The van der Waals surface area contributed by atoms with Crippen LogP contribution < -0.4 is 5.32 Å². The molecular weight excluding hydrogens is 226 g/mol. The van der Waals surface area contributed by atoms with E-state index in [0.29, 0.717) is 0 Å². The molecule has 0 radical (unpaired) electrons. The van der Waals surface area contributed by atoms with Crippen LogP contribution in [0.15, 0.2) is 6.07 Å². The Morgan fingerprint density at radius 1 is 1.44 bits per heavy atom. The molecule has 1 aromatic rings. The van der Waals surface area contributed by atoms with Crippen LogP contribution in [0.5, 0.6) is 0 Å². The average molecular weight is 253 g/mol. The number of aliphatic hydroxyl groups is 1. The van der Waals surface area contributed by atoms with E-state index in [2.05, 4.69) is 37.3 Å². The van der Waals surface area contributed by atoms with Crippen molar-refractivity contribution in [2.45, 2.75) is 46.6 Å². The molecule has 0 aliphatic heterocycles. The molecule has 4 nitrogen and oxygen atoms in total. The molecule has 0 aromatic carbocycles. The third-order valence-corrected chi connectivity index (χ3v) is 3.31. The maximum atomic E-state index is 8.87. The minimum atomic E-state index is 0.231. The number of aliphatic hydroxyl groups excluding tert-OH is 1. The van der Waals surface area contributed by atoms with E-state index >= 15 is 0 Å². The number of hydrogen-bond donors (Lipinski definition) is 2. The number of nitrogens with zero attached hydrogens (tertiary/aromatic N) is 2. The lowest BCUT2D eigenvalue weighted by molar-refractivity contribution is 0.236. The lowest BCUT2D eigenvalue weighted by atomic mass is 9.88. The first-order valence-electron chi connectivity index (χ1n) is 6.82. The Hall–Kier alpha value is -0.870. The SMILES string of the molecule is CCc1cc(CNCC(C)(C)CCCO)n(C)n1. The highest BCUT2D eigenvalue weighted by Crippen LogP contribution is 2.20. The first kappa shape index (κ1) is 15.2. The quantitative estimate of drug-likeness (QED) is 0.743. The zero-order valence-corrected chi connectivity index (χ0v) is 12.2. The molecule has 1 heterocycles. The van der Waals surface area contributed by atoms with E-state index in [0.717, 1.165) is 38.0 Å². The van der Waals surface area contributed by atoms with Crippen LogP contribution >= 0.6 is 0 Å². The smallest absolute Gasteiger partial charge is 0.0625 e. The first-order valence-corrected chi connectivity index (χ1v) is 6.82. The van der Waals surface area contributed by atoms with Crippen LogP contribution in [0.4, 0.5) is 0 Å². The van der Waals surface area contributed by atoms with Crippen LogP contribution in [0.1, 0.15) is 45.0 Å². The Morgan fingerprint density at radius 3 is 2.72 bits per heavy atom. The molecule has 0 amide bonds. The molecule has 18 heavy (non-hydrogen) atoms. The van der Waals surface area contributed by atoms with E-state index in [-0.39, 0.29) is 12.0 Å². The first-order chi connectivity index (χ1) is 8.48. The molecule has 0 aliphatic rings. The molecule has 0 bridgehead atoms. The van der Waals surface area contributed by atoms with Crippen molar-refractivity contribution in [2.75, 3.05) is 13.2 Å². The molecule has 0 unspecified atom stereocenters. The summed E-state index contributed by atoms with van der Waals surface area (Å²) < 4.78 is 1.95. The van der Waals surface area contributed by atoms with Crippen molar-refractivity contribution >= 4 is 0 Å². The van der Waals surface area contributed by atoms with Gasteiger partial charge in [-0.2, -0.15) is 5.10 Å². The number of aromatic nitrogens is 2. The fourth-order valence-electron chi connectivity index (χ4n) is 2.08. The van der Waals surface area contributed by atoms with Gasteiger partial charge in [0.15, 0.2) is 0 Å². The fraction of sp³-hybridized carbons (Fsp3) is 0.786. The van der Waals surface area contributed by atoms with Gasteiger partial charge in [-0.1, -0.05) is 20.8 Å². The summed E-state index contributed by atoms with van der Waals surface area (Å²) in [6, 6.07) is 2.16. The minimum absolute atomic E-state index is 0.231. The van der Waals surface area contributed by atoms with Gasteiger partial charge in [-0.15, -0.1) is 0 Å². The van der Waals surface area contributed by atoms with Crippen LogP contribution in [-0.4, -0.2) is 28.0 Å². The van der Waals surface area contributed by atoms with Gasteiger partial charge < -0.3 is 10.4 Å². The van der Waals surface area contributed by atoms with Crippen LogP contribution in [0, 0.1) is 5.41 Å². The second-order valence-electron chi connectivity index (χ2n) is 5.70. The molecule has 0 fully saturated rings. The van der Waals surface area contributed by atoms with Gasteiger partial charge in [0.05, 0.1) is 11.4 Å². The van der Waals surface area contributed by atoms with Gasteiger partial charge in [0.2, 0.25) is 0 Å². The summed E-state index contributed by atoms with van der Waals surface area (Å²) in [5, 5.41) is 16.8. The van der Waals surface area contributed by atoms with Gasteiger partial charge in [0.25, 0.3) is 0 Å². The van der Waals surface area contributed by atoms with E-state index < -0.39 is 0 Å². The summed E-state index contributed by atoms with van der Waals surface area (Å²) >= 11 is 0. The summed E-state index contributed by atoms with van der Waals surface area (Å²) in [5.74, 6) is 0. The molecule has 4 heteroatoms. The molecular formula is C14H27N3O. The van der Waals surface area contributed by atoms with E-state index in [1.165, 1.54) is 5.69 Å². The number of aryl methyl sites for hydroxylation is 2. The summed E-state index contributed by atoms with van der Waals surface area (Å²) in [5.41, 5.74) is 2.60. The van der Waals surface area contributed by atoms with Gasteiger partial charge in [-0.25, -0.2) is 0 Å². The van der Waals surface area contributed by atoms with Gasteiger partial charge in [0, 0.05) is 26.7 Å². The predicted octanol–water partition coefficient (Wildman–Crippen LogP) is 1.87.